The second kappa shape index (κ2) is 2.65. The predicted molar refractivity (Wildman–Crippen MR) is 60.5 cm³/mol. The van der Waals surface area contributed by atoms with Gasteiger partial charge in [-0.25, -0.2) is 0 Å². The van der Waals surface area contributed by atoms with E-state index >= 15 is 0 Å². The van der Waals surface area contributed by atoms with Gasteiger partial charge in [0.15, 0.2) is 0 Å². The second-order valence-electron chi connectivity index (χ2n) is 6.68. The van der Waals surface area contributed by atoms with Gasteiger partial charge in [-0.05, 0) is 42.4 Å². The Morgan fingerprint density at radius 1 is 1.06 bits per heavy atom. The molecular formula is C14H15NO3. The number of carbonyl (C=O) groups is 2. The lowest BCUT2D eigenvalue weighted by Crippen LogP contribution is -2.39. The lowest BCUT2D eigenvalue weighted by atomic mass is 9.65. The molecule has 0 aromatic carbocycles. The van der Waals surface area contributed by atoms with E-state index in [0.717, 1.165) is 18.5 Å². The number of rotatable bonds is 0. The molecule has 0 spiro atoms. The standard InChI is InChI=1S/C14H15NO3/c15-8-2-4-1-5(8)10-7-3-6(9(4)10)11-12(7)14(17)18-13(11)16/h2,4-7,9-12H,1,3,15H2. The highest BCUT2D eigenvalue weighted by Gasteiger charge is 2.71. The minimum absolute atomic E-state index is 0.127. The smallest absolute Gasteiger partial charge is 0.317 e. The Bertz CT molecular complexity index is 525. The van der Waals surface area contributed by atoms with E-state index in [1.54, 1.807) is 0 Å². The van der Waals surface area contributed by atoms with E-state index in [1.807, 2.05) is 0 Å². The molecule has 3 saturated carbocycles. The van der Waals surface area contributed by atoms with Crippen molar-refractivity contribution in [3.8, 4) is 0 Å². The van der Waals surface area contributed by atoms with Crippen LogP contribution in [0.3, 0.4) is 0 Å². The fourth-order valence-corrected chi connectivity index (χ4v) is 6.07. The molecule has 8 atom stereocenters. The number of ether oxygens (including phenoxy) is 1. The van der Waals surface area contributed by atoms with Gasteiger partial charge in [0.2, 0.25) is 0 Å². The van der Waals surface area contributed by atoms with Crippen molar-refractivity contribution in [2.45, 2.75) is 12.8 Å². The molecule has 8 unspecified atom stereocenters. The van der Waals surface area contributed by atoms with Crippen LogP contribution in [0.4, 0.5) is 0 Å². The van der Waals surface area contributed by atoms with Crippen LogP contribution in [0.25, 0.3) is 0 Å². The molecule has 4 aliphatic carbocycles. The summed E-state index contributed by atoms with van der Waals surface area (Å²) in [6.45, 7) is 0. The van der Waals surface area contributed by atoms with E-state index in [4.69, 9.17) is 10.5 Å². The maximum absolute atomic E-state index is 11.8. The molecule has 94 valence electrons. The van der Waals surface area contributed by atoms with Crippen molar-refractivity contribution in [1.82, 2.24) is 0 Å². The number of allylic oxidation sites excluding steroid dienone is 2. The number of hydrogen-bond donors (Lipinski definition) is 1. The van der Waals surface area contributed by atoms with Gasteiger partial charge in [0.25, 0.3) is 0 Å². The molecule has 1 saturated heterocycles. The van der Waals surface area contributed by atoms with Gasteiger partial charge in [-0.2, -0.15) is 0 Å². The molecule has 4 nitrogen and oxygen atoms in total. The SMILES string of the molecule is NC1=CC2CC1C1C3CC(C4C(=O)OC(=O)C34)C21. The third-order valence-corrected chi connectivity index (χ3v) is 6.35. The summed E-state index contributed by atoms with van der Waals surface area (Å²) in [6.07, 6.45) is 4.40. The molecule has 1 heterocycles. The van der Waals surface area contributed by atoms with Crippen LogP contribution >= 0.6 is 0 Å². The first kappa shape index (κ1) is 9.59. The van der Waals surface area contributed by atoms with Gasteiger partial charge in [0.1, 0.15) is 0 Å². The summed E-state index contributed by atoms with van der Waals surface area (Å²) in [5.41, 5.74) is 7.12. The molecule has 5 rings (SSSR count). The minimum Gasteiger partial charge on any atom is -0.402 e. The van der Waals surface area contributed by atoms with Crippen molar-refractivity contribution in [3.63, 3.8) is 0 Å². The van der Waals surface area contributed by atoms with Crippen molar-refractivity contribution >= 4 is 11.9 Å². The molecule has 2 N–H and O–H groups in total. The molecule has 0 aromatic heterocycles. The van der Waals surface area contributed by atoms with Crippen molar-refractivity contribution in [3.05, 3.63) is 11.8 Å². The predicted octanol–water partition coefficient (Wildman–Crippen LogP) is 0.677. The van der Waals surface area contributed by atoms with Gasteiger partial charge in [-0.15, -0.1) is 0 Å². The third kappa shape index (κ3) is 0.798. The molecule has 4 fully saturated rings. The highest BCUT2D eigenvalue weighted by Crippen LogP contribution is 2.70. The maximum Gasteiger partial charge on any atom is 0.317 e. The Labute approximate surface area is 105 Å². The van der Waals surface area contributed by atoms with E-state index in [0.29, 0.717) is 35.5 Å². The van der Waals surface area contributed by atoms with Crippen LogP contribution in [0.5, 0.6) is 0 Å². The Balaban J connectivity index is 1.62. The lowest BCUT2D eigenvalue weighted by molar-refractivity contribution is -0.154. The summed E-state index contributed by atoms with van der Waals surface area (Å²) in [5.74, 6) is 2.11. The van der Waals surface area contributed by atoms with Crippen LogP contribution in [0.2, 0.25) is 0 Å². The van der Waals surface area contributed by atoms with Gasteiger partial charge < -0.3 is 10.5 Å². The normalized spacial score (nSPS) is 58.8. The Morgan fingerprint density at radius 2 is 1.72 bits per heavy atom. The highest BCUT2D eigenvalue weighted by atomic mass is 16.6. The van der Waals surface area contributed by atoms with E-state index in [1.165, 1.54) is 0 Å². The van der Waals surface area contributed by atoms with Gasteiger partial charge in [0, 0.05) is 11.6 Å². The van der Waals surface area contributed by atoms with Crippen molar-refractivity contribution < 1.29 is 14.3 Å². The number of fused-ring (bicyclic) bond motifs is 12. The third-order valence-electron chi connectivity index (χ3n) is 6.35. The fourth-order valence-electron chi connectivity index (χ4n) is 6.07. The first-order chi connectivity index (χ1) is 8.66. The van der Waals surface area contributed by atoms with Gasteiger partial charge >= 0.3 is 11.9 Å². The summed E-state index contributed by atoms with van der Waals surface area (Å²) < 4.78 is 4.87. The quantitative estimate of drug-likeness (QED) is 0.387. The summed E-state index contributed by atoms with van der Waals surface area (Å²) >= 11 is 0. The average molecular weight is 245 g/mol. The van der Waals surface area contributed by atoms with Crippen LogP contribution in [-0.4, -0.2) is 11.9 Å². The zero-order valence-corrected chi connectivity index (χ0v) is 9.91. The highest BCUT2D eigenvalue weighted by molar-refractivity contribution is 5.97. The molecule has 0 amide bonds. The van der Waals surface area contributed by atoms with Crippen molar-refractivity contribution in [2.75, 3.05) is 0 Å². The number of carbonyl (C=O) groups excluding carboxylic acids is 2. The zero-order valence-electron chi connectivity index (χ0n) is 9.91. The summed E-state index contributed by atoms with van der Waals surface area (Å²) in [4.78, 5) is 23.7. The molecule has 18 heavy (non-hydrogen) atoms. The second-order valence-corrected chi connectivity index (χ2v) is 6.68. The molecule has 4 heteroatoms. The van der Waals surface area contributed by atoms with E-state index in [2.05, 4.69) is 6.08 Å². The number of hydrogen-bond acceptors (Lipinski definition) is 4. The average Bonchev–Trinajstić information content (AvgIpc) is 3.03. The summed E-state index contributed by atoms with van der Waals surface area (Å²) in [5, 5.41) is 0. The Kier molecular flexibility index (Phi) is 1.41. The number of nitrogens with two attached hydrogens (primary N) is 1. The molecule has 5 aliphatic rings. The minimum atomic E-state index is -0.263. The molecule has 0 aromatic rings. The maximum atomic E-state index is 11.8. The topological polar surface area (TPSA) is 69.4 Å². The number of cyclic esters (lactones) is 2. The molecule has 1 aliphatic heterocycles. The van der Waals surface area contributed by atoms with Crippen molar-refractivity contribution in [2.24, 2.45) is 53.1 Å². The van der Waals surface area contributed by atoms with E-state index in [9.17, 15) is 9.59 Å². The lowest BCUT2D eigenvalue weighted by Gasteiger charge is -2.37. The van der Waals surface area contributed by atoms with Gasteiger partial charge in [0.05, 0.1) is 11.8 Å². The molecule has 0 radical (unpaired) electrons. The molecule has 4 bridgehead atoms. The monoisotopic (exact) mass is 245 g/mol. The first-order valence-electron chi connectivity index (χ1n) is 6.89. The Morgan fingerprint density at radius 3 is 2.44 bits per heavy atom. The van der Waals surface area contributed by atoms with Crippen molar-refractivity contribution in [1.29, 1.82) is 0 Å². The van der Waals surface area contributed by atoms with Crippen LogP contribution in [-0.2, 0) is 14.3 Å². The largest absolute Gasteiger partial charge is 0.402 e. The summed E-state index contributed by atoms with van der Waals surface area (Å²) in [6, 6.07) is 0. The first-order valence-corrected chi connectivity index (χ1v) is 6.89. The van der Waals surface area contributed by atoms with Gasteiger partial charge in [-0.1, -0.05) is 6.08 Å². The Hall–Kier alpha value is -1.32. The van der Waals surface area contributed by atoms with Crippen LogP contribution in [0, 0.1) is 47.3 Å². The van der Waals surface area contributed by atoms with Crippen LogP contribution in [0.15, 0.2) is 11.8 Å². The van der Waals surface area contributed by atoms with Gasteiger partial charge in [-0.3, -0.25) is 9.59 Å². The molecular weight excluding hydrogens is 230 g/mol. The summed E-state index contributed by atoms with van der Waals surface area (Å²) in [7, 11) is 0. The zero-order chi connectivity index (χ0) is 12.2. The van der Waals surface area contributed by atoms with E-state index in [-0.39, 0.29) is 23.8 Å². The van der Waals surface area contributed by atoms with E-state index < -0.39 is 0 Å². The fraction of sp³-hybridized carbons (Fsp3) is 0.714. The number of esters is 2. The van der Waals surface area contributed by atoms with Crippen LogP contribution in [0.1, 0.15) is 12.8 Å². The van der Waals surface area contributed by atoms with Crippen LogP contribution < -0.4 is 5.73 Å².